The van der Waals surface area contributed by atoms with Crippen LogP contribution in [-0.2, 0) is 10.8 Å². The fraction of sp³-hybridized carbons (Fsp3) is 0.632. The predicted molar refractivity (Wildman–Crippen MR) is 100 cm³/mol. The zero-order valence-corrected chi connectivity index (χ0v) is 16.1. The number of rotatable bonds is 4. The normalized spacial score (nSPS) is 13.8. The van der Waals surface area contributed by atoms with Crippen LogP contribution in [0.1, 0.15) is 77.5 Å². The molecule has 1 unspecified atom stereocenters. The number of hydrogen-bond donors (Lipinski definition) is 1. The van der Waals surface area contributed by atoms with Gasteiger partial charge >= 0.3 is 0 Å². The van der Waals surface area contributed by atoms with Crippen LogP contribution in [0.2, 0.25) is 0 Å². The molecule has 0 amide bonds. The van der Waals surface area contributed by atoms with Crippen LogP contribution in [0.15, 0.2) is 12.1 Å². The molecular formula is C19H31NOS. The molecule has 0 saturated carbocycles. The summed E-state index contributed by atoms with van der Waals surface area (Å²) in [5, 5.41) is 0. The Bertz CT molecular complexity index is 515. The zero-order chi connectivity index (χ0) is 17.3. The van der Waals surface area contributed by atoms with Gasteiger partial charge in [0.2, 0.25) is 0 Å². The molecular weight excluding hydrogens is 290 g/mol. The van der Waals surface area contributed by atoms with Crippen LogP contribution in [-0.4, -0.2) is 12.1 Å². The molecule has 0 aliphatic rings. The van der Waals surface area contributed by atoms with Crippen molar-refractivity contribution in [3.05, 3.63) is 28.8 Å². The van der Waals surface area contributed by atoms with Crippen molar-refractivity contribution in [1.29, 1.82) is 0 Å². The lowest BCUT2D eigenvalue weighted by atomic mass is 9.77. The monoisotopic (exact) mass is 321 g/mol. The zero-order valence-electron chi connectivity index (χ0n) is 15.3. The van der Waals surface area contributed by atoms with Crippen LogP contribution < -0.4 is 10.5 Å². The highest BCUT2D eigenvalue weighted by molar-refractivity contribution is 7.80. The maximum atomic E-state index is 5.79. The molecule has 0 radical (unpaired) electrons. The summed E-state index contributed by atoms with van der Waals surface area (Å²) >= 11 is 5.09. The van der Waals surface area contributed by atoms with Gasteiger partial charge in [0.15, 0.2) is 0 Å². The molecule has 0 fully saturated rings. The van der Waals surface area contributed by atoms with Crippen LogP contribution >= 0.6 is 12.2 Å². The molecule has 0 saturated heterocycles. The third-order valence-electron chi connectivity index (χ3n) is 4.01. The van der Waals surface area contributed by atoms with Gasteiger partial charge in [0, 0.05) is 17.5 Å². The largest absolute Gasteiger partial charge is 0.496 e. The van der Waals surface area contributed by atoms with E-state index in [9.17, 15) is 0 Å². The van der Waals surface area contributed by atoms with E-state index in [-0.39, 0.29) is 10.8 Å². The van der Waals surface area contributed by atoms with Gasteiger partial charge in [-0.3, -0.25) is 0 Å². The third-order valence-corrected chi connectivity index (χ3v) is 4.17. The van der Waals surface area contributed by atoms with E-state index >= 15 is 0 Å². The Hall–Kier alpha value is -1.09. The van der Waals surface area contributed by atoms with Gasteiger partial charge in [-0.15, -0.1) is 0 Å². The Labute approximate surface area is 141 Å². The highest BCUT2D eigenvalue weighted by atomic mass is 32.1. The summed E-state index contributed by atoms with van der Waals surface area (Å²) < 4.78 is 5.79. The molecule has 1 rings (SSSR count). The summed E-state index contributed by atoms with van der Waals surface area (Å²) in [5.41, 5.74) is 9.54. The number of hydrogen-bond acceptors (Lipinski definition) is 2. The lowest BCUT2D eigenvalue weighted by molar-refractivity contribution is 0.381. The maximum absolute atomic E-state index is 5.79. The topological polar surface area (TPSA) is 35.2 Å². The maximum Gasteiger partial charge on any atom is 0.126 e. The fourth-order valence-electron chi connectivity index (χ4n) is 2.69. The summed E-state index contributed by atoms with van der Waals surface area (Å²) in [6, 6.07) is 4.52. The van der Waals surface area contributed by atoms with Crippen LogP contribution in [0.4, 0.5) is 0 Å². The molecule has 0 aliphatic carbocycles. The van der Waals surface area contributed by atoms with E-state index in [0.29, 0.717) is 10.9 Å². The van der Waals surface area contributed by atoms with E-state index in [1.165, 1.54) is 16.7 Å². The minimum Gasteiger partial charge on any atom is -0.496 e. The number of nitrogens with two attached hydrogens (primary N) is 1. The molecule has 0 heterocycles. The first-order valence-corrected chi connectivity index (χ1v) is 8.30. The summed E-state index contributed by atoms with van der Waals surface area (Å²) in [7, 11) is 1.76. The van der Waals surface area contributed by atoms with Crippen molar-refractivity contribution in [2.75, 3.05) is 7.11 Å². The van der Waals surface area contributed by atoms with Crippen LogP contribution in [0.5, 0.6) is 5.75 Å². The van der Waals surface area contributed by atoms with E-state index in [1.54, 1.807) is 7.11 Å². The van der Waals surface area contributed by atoms with E-state index in [0.717, 1.165) is 12.2 Å². The Morgan fingerprint density at radius 2 is 1.50 bits per heavy atom. The molecule has 2 nitrogen and oxygen atoms in total. The van der Waals surface area contributed by atoms with Gasteiger partial charge in [-0.1, -0.05) is 72.8 Å². The molecule has 3 heteroatoms. The summed E-state index contributed by atoms with van der Waals surface area (Å²) in [4.78, 5) is 0.568. The minimum atomic E-state index is 0.0182. The van der Waals surface area contributed by atoms with E-state index in [2.05, 4.69) is 60.6 Å². The smallest absolute Gasteiger partial charge is 0.126 e. The Morgan fingerprint density at radius 1 is 1.09 bits per heavy atom. The molecule has 1 aromatic carbocycles. The molecule has 0 aliphatic heterocycles. The van der Waals surface area contributed by atoms with Crippen molar-refractivity contribution in [1.82, 2.24) is 0 Å². The second-order valence-corrected chi connectivity index (χ2v) is 8.75. The van der Waals surface area contributed by atoms with Crippen molar-refractivity contribution < 1.29 is 4.74 Å². The number of methoxy groups -OCH3 is 1. The van der Waals surface area contributed by atoms with E-state index in [4.69, 9.17) is 22.7 Å². The average Bonchev–Trinajstić information content (AvgIpc) is 2.34. The van der Waals surface area contributed by atoms with Crippen molar-refractivity contribution in [3.8, 4) is 5.75 Å². The molecule has 0 aromatic heterocycles. The van der Waals surface area contributed by atoms with Crippen molar-refractivity contribution >= 4 is 17.2 Å². The molecule has 0 bridgehead atoms. The number of thiocarbonyl (C=S) groups is 1. The molecule has 1 atom stereocenters. The van der Waals surface area contributed by atoms with Crippen molar-refractivity contribution in [2.24, 2.45) is 5.73 Å². The van der Waals surface area contributed by atoms with Gasteiger partial charge in [-0.2, -0.15) is 0 Å². The van der Waals surface area contributed by atoms with Gasteiger partial charge in [0.25, 0.3) is 0 Å². The van der Waals surface area contributed by atoms with Crippen LogP contribution in [0.3, 0.4) is 0 Å². The highest BCUT2D eigenvalue weighted by Gasteiger charge is 2.28. The number of benzene rings is 1. The second kappa shape index (κ2) is 6.57. The lowest BCUT2D eigenvalue weighted by Crippen LogP contribution is -2.20. The molecule has 2 N–H and O–H groups in total. The van der Waals surface area contributed by atoms with Gasteiger partial charge in [-0.25, -0.2) is 0 Å². The predicted octanol–water partition coefficient (Wildman–Crippen LogP) is 5.07. The first-order valence-electron chi connectivity index (χ1n) is 7.89. The molecule has 22 heavy (non-hydrogen) atoms. The average molecular weight is 322 g/mol. The van der Waals surface area contributed by atoms with Gasteiger partial charge in [0.05, 0.1) is 12.1 Å². The SMILES string of the molecule is COc1c(C(C)(C)C)cc(C(C)CC(N)=S)cc1C(C)(C)C. The Balaban J connectivity index is 3.59. The third kappa shape index (κ3) is 4.45. The first-order chi connectivity index (χ1) is 9.87. The highest BCUT2D eigenvalue weighted by Crippen LogP contribution is 2.42. The van der Waals surface area contributed by atoms with Crippen LogP contribution in [0.25, 0.3) is 0 Å². The van der Waals surface area contributed by atoms with Gasteiger partial charge in [0.1, 0.15) is 5.75 Å². The van der Waals surface area contributed by atoms with Gasteiger partial charge < -0.3 is 10.5 Å². The second-order valence-electron chi connectivity index (χ2n) is 8.22. The van der Waals surface area contributed by atoms with E-state index < -0.39 is 0 Å². The summed E-state index contributed by atoms with van der Waals surface area (Å²) in [6.45, 7) is 15.5. The molecule has 124 valence electrons. The standard InChI is InChI=1S/C19H31NOS/c1-12(9-16(20)22)13-10-14(18(2,3)4)17(21-8)15(11-13)19(5,6)7/h10-12H,9H2,1-8H3,(H2,20,22). The Kier molecular flexibility index (Phi) is 5.66. The first kappa shape index (κ1) is 19.0. The molecule has 1 aromatic rings. The molecule has 0 spiro atoms. The Morgan fingerprint density at radius 3 is 1.77 bits per heavy atom. The van der Waals surface area contributed by atoms with Gasteiger partial charge in [-0.05, 0) is 22.3 Å². The summed E-state index contributed by atoms with van der Waals surface area (Å²) in [5.74, 6) is 1.32. The van der Waals surface area contributed by atoms with Crippen molar-refractivity contribution in [3.63, 3.8) is 0 Å². The summed E-state index contributed by atoms with van der Waals surface area (Å²) in [6.07, 6.45) is 0.731. The minimum absolute atomic E-state index is 0.0182. The number of ether oxygens (including phenoxy) is 1. The van der Waals surface area contributed by atoms with Crippen LogP contribution in [0, 0.1) is 0 Å². The quantitative estimate of drug-likeness (QED) is 0.786. The van der Waals surface area contributed by atoms with Crippen molar-refractivity contribution in [2.45, 2.75) is 71.6 Å². The lowest BCUT2D eigenvalue weighted by Gasteiger charge is -2.31. The fourth-order valence-corrected chi connectivity index (χ4v) is 2.94. The van der Waals surface area contributed by atoms with E-state index in [1.807, 2.05) is 0 Å².